The van der Waals surface area contributed by atoms with Gasteiger partial charge in [-0.3, -0.25) is 0 Å². The number of anilines is 1. The van der Waals surface area contributed by atoms with Crippen LogP contribution in [0.5, 0.6) is 0 Å². The van der Waals surface area contributed by atoms with E-state index in [9.17, 15) is 13.6 Å². The second kappa shape index (κ2) is 5.05. The Balaban J connectivity index is 3.33. The Labute approximate surface area is 93.9 Å². The smallest absolute Gasteiger partial charge is 0.146 e. The molecule has 0 bridgehead atoms. The van der Waals surface area contributed by atoms with E-state index in [4.69, 9.17) is 0 Å². The van der Waals surface area contributed by atoms with E-state index in [1.807, 2.05) is 0 Å². The third kappa shape index (κ3) is 2.38. The first kappa shape index (κ1) is 12.6. The van der Waals surface area contributed by atoms with Crippen LogP contribution in [-0.4, -0.2) is 20.4 Å². The van der Waals surface area contributed by atoms with Gasteiger partial charge < -0.3 is 9.69 Å². The molecule has 0 saturated heterocycles. The molecular weight excluding hydrogens is 212 g/mol. The van der Waals surface area contributed by atoms with Gasteiger partial charge in [-0.25, -0.2) is 8.78 Å². The predicted molar refractivity (Wildman–Crippen MR) is 59.8 cm³/mol. The minimum atomic E-state index is -0.473. The summed E-state index contributed by atoms with van der Waals surface area (Å²) in [6.45, 7) is 1.71. The minimum absolute atomic E-state index is 0.182. The minimum Gasteiger partial charge on any atom is -0.375 e. The average molecular weight is 227 g/mol. The molecule has 0 aliphatic carbocycles. The highest BCUT2D eigenvalue weighted by Crippen LogP contribution is 2.32. The van der Waals surface area contributed by atoms with Gasteiger partial charge >= 0.3 is 0 Å². The van der Waals surface area contributed by atoms with Crippen molar-refractivity contribution in [3.05, 3.63) is 29.3 Å². The first-order chi connectivity index (χ1) is 7.49. The number of rotatable bonds is 4. The molecule has 1 rings (SSSR count). The number of aldehydes is 1. The molecule has 16 heavy (non-hydrogen) atoms. The highest BCUT2D eigenvalue weighted by Gasteiger charge is 2.20. The third-order valence-electron chi connectivity index (χ3n) is 2.50. The molecule has 1 atom stereocenters. The lowest BCUT2D eigenvalue weighted by Gasteiger charge is -2.21. The van der Waals surface area contributed by atoms with E-state index in [1.54, 1.807) is 21.0 Å². The van der Waals surface area contributed by atoms with Gasteiger partial charge in [-0.15, -0.1) is 0 Å². The van der Waals surface area contributed by atoms with E-state index >= 15 is 0 Å². The van der Waals surface area contributed by atoms with Gasteiger partial charge in [-0.05, 0) is 18.1 Å². The van der Waals surface area contributed by atoms with Crippen molar-refractivity contribution in [3.63, 3.8) is 0 Å². The Hall–Kier alpha value is -1.45. The summed E-state index contributed by atoms with van der Waals surface area (Å²) < 4.78 is 27.2. The average Bonchev–Trinajstić information content (AvgIpc) is 2.20. The van der Waals surface area contributed by atoms with Crippen molar-refractivity contribution in [1.29, 1.82) is 0 Å². The molecule has 0 amide bonds. The normalized spacial score (nSPS) is 12.3. The molecule has 88 valence electrons. The molecule has 0 spiro atoms. The van der Waals surface area contributed by atoms with Crippen LogP contribution in [0.25, 0.3) is 0 Å². The molecule has 1 aromatic carbocycles. The van der Waals surface area contributed by atoms with Gasteiger partial charge in [0.25, 0.3) is 0 Å². The zero-order chi connectivity index (χ0) is 12.3. The van der Waals surface area contributed by atoms with Crippen LogP contribution in [0.1, 0.15) is 24.8 Å². The quantitative estimate of drug-likeness (QED) is 0.737. The summed E-state index contributed by atoms with van der Waals surface area (Å²) in [7, 11) is 3.30. The van der Waals surface area contributed by atoms with Crippen molar-refractivity contribution in [3.8, 4) is 0 Å². The largest absolute Gasteiger partial charge is 0.375 e. The van der Waals surface area contributed by atoms with Crippen LogP contribution in [0, 0.1) is 11.6 Å². The van der Waals surface area contributed by atoms with E-state index < -0.39 is 11.6 Å². The lowest BCUT2D eigenvalue weighted by molar-refractivity contribution is -0.108. The molecule has 1 unspecified atom stereocenters. The molecule has 2 nitrogen and oxygen atoms in total. The topological polar surface area (TPSA) is 20.3 Å². The van der Waals surface area contributed by atoms with E-state index in [0.29, 0.717) is 6.29 Å². The summed E-state index contributed by atoms with van der Waals surface area (Å²) in [6, 6.07) is 2.20. The van der Waals surface area contributed by atoms with Gasteiger partial charge in [-0.1, -0.05) is 6.92 Å². The predicted octanol–water partition coefficient (Wildman–Crippen LogP) is 2.72. The number of hydrogen-bond donors (Lipinski definition) is 0. The fraction of sp³-hybridized carbons (Fsp3) is 0.417. The Morgan fingerprint density at radius 1 is 1.31 bits per heavy atom. The fourth-order valence-electron chi connectivity index (χ4n) is 1.74. The molecule has 1 aromatic rings. The fourth-order valence-corrected chi connectivity index (χ4v) is 1.74. The van der Waals surface area contributed by atoms with Crippen molar-refractivity contribution in [1.82, 2.24) is 0 Å². The Morgan fingerprint density at radius 3 is 2.38 bits per heavy atom. The molecular formula is C12H15F2NO. The van der Waals surface area contributed by atoms with Crippen LogP contribution in [0.4, 0.5) is 14.5 Å². The Kier molecular flexibility index (Phi) is 3.99. The van der Waals surface area contributed by atoms with Gasteiger partial charge in [-0.2, -0.15) is 0 Å². The van der Waals surface area contributed by atoms with Crippen molar-refractivity contribution in [2.75, 3.05) is 19.0 Å². The molecule has 0 fully saturated rings. The molecule has 0 N–H and O–H groups in total. The lowest BCUT2D eigenvalue weighted by atomic mass is 9.95. The molecule has 0 radical (unpaired) electrons. The lowest BCUT2D eigenvalue weighted by Crippen LogP contribution is -2.16. The first-order valence-electron chi connectivity index (χ1n) is 5.07. The number of nitrogens with zero attached hydrogens (tertiary/aromatic N) is 1. The monoisotopic (exact) mass is 227 g/mol. The second-order valence-corrected chi connectivity index (χ2v) is 3.99. The molecule has 4 heteroatoms. The summed E-state index contributed by atoms with van der Waals surface area (Å²) in [4.78, 5) is 12.0. The zero-order valence-corrected chi connectivity index (χ0v) is 9.63. The van der Waals surface area contributed by atoms with Crippen LogP contribution in [0.3, 0.4) is 0 Å². The molecule has 0 aromatic heterocycles. The summed E-state index contributed by atoms with van der Waals surface area (Å²) in [5, 5.41) is 0. The maximum atomic E-state index is 13.7. The zero-order valence-electron chi connectivity index (χ0n) is 9.63. The first-order valence-corrected chi connectivity index (χ1v) is 5.07. The third-order valence-corrected chi connectivity index (χ3v) is 2.50. The van der Waals surface area contributed by atoms with Gasteiger partial charge in [0.15, 0.2) is 0 Å². The van der Waals surface area contributed by atoms with Crippen molar-refractivity contribution >= 4 is 12.0 Å². The number of halogens is 2. The number of hydrogen-bond acceptors (Lipinski definition) is 2. The van der Waals surface area contributed by atoms with Gasteiger partial charge in [0.05, 0.1) is 5.69 Å². The Morgan fingerprint density at radius 2 is 1.88 bits per heavy atom. The number of benzene rings is 1. The van der Waals surface area contributed by atoms with Crippen molar-refractivity contribution in [2.45, 2.75) is 19.3 Å². The summed E-state index contributed by atoms with van der Waals surface area (Å²) in [5.74, 6) is -1.27. The molecule has 0 aliphatic heterocycles. The van der Waals surface area contributed by atoms with Crippen LogP contribution >= 0.6 is 0 Å². The molecule has 0 heterocycles. The standard InChI is InChI=1S/C12H15F2NO/c1-8(6-7-16)11-9(13)4-5-10(14)12(11)15(2)3/h4-5,7-8H,6H2,1-3H3. The van der Waals surface area contributed by atoms with Crippen LogP contribution in [0.2, 0.25) is 0 Å². The number of carbonyl (C=O) groups excluding carboxylic acids is 1. The van der Waals surface area contributed by atoms with E-state index in [0.717, 1.165) is 12.1 Å². The summed E-state index contributed by atoms with van der Waals surface area (Å²) in [6.07, 6.45) is 0.898. The van der Waals surface area contributed by atoms with E-state index in [-0.39, 0.29) is 23.6 Å². The van der Waals surface area contributed by atoms with Gasteiger partial charge in [0.2, 0.25) is 0 Å². The summed E-state index contributed by atoms with van der Waals surface area (Å²) in [5.41, 5.74) is 0.478. The Bertz CT molecular complexity index is 391. The van der Waals surface area contributed by atoms with Crippen LogP contribution < -0.4 is 4.90 Å². The summed E-state index contributed by atoms with van der Waals surface area (Å²) >= 11 is 0. The highest BCUT2D eigenvalue weighted by molar-refractivity contribution is 5.59. The van der Waals surface area contributed by atoms with E-state index in [1.165, 1.54) is 4.90 Å². The highest BCUT2D eigenvalue weighted by atomic mass is 19.1. The maximum Gasteiger partial charge on any atom is 0.146 e. The van der Waals surface area contributed by atoms with Crippen molar-refractivity contribution < 1.29 is 13.6 Å². The van der Waals surface area contributed by atoms with Gasteiger partial charge in [0, 0.05) is 26.1 Å². The van der Waals surface area contributed by atoms with Gasteiger partial charge in [0.1, 0.15) is 17.9 Å². The van der Waals surface area contributed by atoms with Crippen molar-refractivity contribution in [2.24, 2.45) is 0 Å². The maximum absolute atomic E-state index is 13.7. The van der Waals surface area contributed by atoms with Crippen LogP contribution in [-0.2, 0) is 4.79 Å². The second-order valence-electron chi connectivity index (χ2n) is 3.99. The molecule has 0 aliphatic rings. The SMILES string of the molecule is CC(CC=O)c1c(F)ccc(F)c1N(C)C. The van der Waals surface area contributed by atoms with Crippen LogP contribution in [0.15, 0.2) is 12.1 Å². The number of carbonyl (C=O) groups is 1. The molecule has 0 saturated carbocycles. The van der Waals surface area contributed by atoms with E-state index in [2.05, 4.69) is 0 Å².